The second-order valence-corrected chi connectivity index (χ2v) is 8.61. The number of hydrogen-bond acceptors (Lipinski definition) is 6. The Morgan fingerprint density at radius 1 is 1.28 bits per heavy atom. The Balaban J connectivity index is 1.37. The lowest BCUT2D eigenvalue weighted by atomic mass is 9.74. The number of rotatable bonds is 4. The van der Waals surface area contributed by atoms with Crippen LogP contribution in [0.4, 0.5) is 0 Å². The third kappa shape index (κ3) is 3.97. The highest BCUT2D eigenvalue weighted by Gasteiger charge is 2.49. The van der Waals surface area contributed by atoms with E-state index in [1.54, 1.807) is 10.6 Å². The van der Waals surface area contributed by atoms with Crippen LogP contribution >= 0.6 is 0 Å². The number of oxazole rings is 1. The largest absolute Gasteiger partial charge is 0.419 e. The molecule has 4 rings (SSSR count). The van der Waals surface area contributed by atoms with Gasteiger partial charge in [-0.15, -0.1) is 0 Å². The van der Waals surface area contributed by atoms with Crippen molar-refractivity contribution in [3.8, 4) is 0 Å². The zero-order valence-corrected chi connectivity index (χ0v) is 17.0. The van der Waals surface area contributed by atoms with Gasteiger partial charge in [-0.2, -0.15) is 0 Å². The molecule has 2 atom stereocenters. The molecule has 0 bridgehead atoms. The molecular weight excluding hydrogens is 374 g/mol. The molecule has 2 aliphatic heterocycles. The van der Waals surface area contributed by atoms with Crippen molar-refractivity contribution in [2.24, 2.45) is 0 Å². The monoisotopic (exact) mass is 403 g/mol. The van der Waals surface area contributed by atoms with Gasteiger partial charge in [-0.05, 0) is 31.9 Å². The second kappa shape index (κ2) is 7.59. The van der Waals surface area contributed by atoms with Crippen LogP contribution in [0.5, 0.6) is 0 Å². The molecule has 2 aromatic rings. The molecule has 2 fully saturated rings. The number of nitrogens with one attached hydrogen (secondary N) is 1. The predicted molar refractivity (Wildman–Crippen MR) is 108 cm³/mol. The highest BCUT2D eigenvalue weighted by atomic mass is 16.5. The summed E-state index contributed by atoms with van der Waals surface area (Å²) in [5, 5.41) is 13.3. The number of carbonyl (C=O) groups is 1. The summed E-state index contributed by atoms with van der Waals surface area (Å²) in [6, 6.07) is 7.46. The molecule has 2 aliphatic rings. The molecule has 0 radical (unpaired) electrons. The number of ether oxygens (including phenoxy) is 1. The van der Waals surface area contributed by atoms with Gasteiger partial charge in [-0.25, -0.2) is 4.79 Å². The van der Waals surface area contributed by atoms with E-state index in [1.165, 1.54) is 6.92 Å². The Morgan fingerprint density at radius 3 is 2.72 bits per heavy atom. The zero-order valence-electron chi connectivity index (χ0n) is 17.0. The van der Waals surface area contributed by atoms with Gasteiger partial charge in [0.05, 0.1) is 23.3 Å². The van der Waals surface area contributed by atoms with Crippen LogP contribution < -0.4 is 11.1 Å². The van der Waals surface area contributed by atoms with Gasteiger partial charge in [0.15, 0.2) is 5.58 Å². The van der Waals surface area contributed by atoms with Crippen LogP contribution in [0.25, 0.3) is 11.1 Å². The number of carbonyl (C=O) groups excluding carboxylic acids is 1. The van der Waals surface area contributed by atoms with Crippen LogP contribution in [-0.4, -0.2) is 64.0 Å². The zero-order chi connectivity index (χ0) is 20.6. The number of benzene rings is 1. The number of nitrogens with zero attached hydrogens (tertiary/aromatic N) is 2. The lowest BCUT2D eigenvalue weighted by Crippen LogP contribution is -2.65. The minimum absolute atomic E-state index is 0.140. The number of para-hydroxylation sites is 2. The van der Waals surface area contributed by atoms with E-state index in [4.69, 9.17) is 9.15 Å². The van der Waals surface area contributed by atoms with Gasteiger partial charge in [0.2, 0.25) is 5.91 Å². The van der Waals surface area contributed by atoms with Crippen molar-refractivity contribution in [3.05, 3.63) is 34.8 Å². The third-order valence-electron chi connectivity index (χ3n) is 6.41. The number of aromatic nitrogens is 1. The van der Waals surface area contributed by atoms with Gasteiger partial charge >= 0.3 is 5.76 Å². The fraction of sp³-hybridized carbons (Fsp3) is 0.619. The predicted octanol–water partition coefficient (Wildman–Crippen LogP) is 1.11. The summed E-state index contributed by atoms with van der Waals surface area (Å²) < 4.78 is 13.1. The van der Waals surface area contributed by atoms with Crippen LogP contribution in [0.1, 0.15) is 33.1 Å². The molecule has 1 aromatic heterocycles. The minimum Gasteiger partial charge on any atom is -0.408 e. The first-order chi connectivity index (χ1) is 13.8. The molecule has 2 saturated heterocycles. The topological polar surface area (TPSA) is 96.9 Å². The van der Waals surface area contributed by atoms with E-state index in [1.807, 2.05) is 25.1 Å². The van der Waals surface area contributed by atoms with E-state index in [0.717, 1.165) is 38.0 Å². The summed E-state index contributed by atoms with van der Waals surface area (Å²) in [4.78, 5) is 26.1. The highest BCUT2D eigenvalue weighted by molar-refractivity contribution is 5.74. The van der Waals surface area contributed by atoms with Gasteiger partial charge in [-0.1, -0.05) is 12.1 Å². The quantitative estimate of drug-likeness (QED) is 0.794. The molecule has 3 heterocycles. The van der Waals surface area contributed by atoms with Crippen LogP contribution in [0.2, 0.25) is 0 Å². The van der Waals surface area contributed by atoms with Crippen molar-refractivity contribution < 1.29 is 19.1 Å². The first kappa shape index (κ1) is 20.1. The Kier molecular flexibility index (Phi) is 5.27. The molecule has 1 amide bonds. The number of amides is 1. The van der Waals surface area contributed by atoms with E-state index in [-0.39, 0.29) is 23.9 Å². The number of piperidine rings is 1. The van der Waals surface area contributed by atoms with E-state index < -0.39 is 11.6 Å². The highest BCUT2D eigenvalue weighted by Crippen LogP contribution is 2.39. The van der Waals surface area contributed by atoms with Gasteiger partial charge in [0, 0.05) is 39.5 Å². The molecule has 29 heavy (non-hydrogen) atoms. The van der Waals surface area contributed by atoms with Crippen molar-refractivity contribution in [3.63, 3.8) is 0 Å². The maximum absolute atomic E-state index is 12.1. The maximum atomic E-state index is 12.1. The van der Waals surface area contributed by atoms with Crippen molar-refractivity contribution >= 4 is 17.0 Å². The third-order valence-corrected chi connectivity index (χ3v) is 6.41. The molecular formula is C21H29N3O5. The lowest BCUT2D eigenvalue weighted by molar-refractivity contribution is -0.181. The summed E-state index contributed by atoms with van der Waals surface area (Å²) in [5.41, 5.74) is 0.435. The summed E-state index contributed by atoms with van der Waals surface area (Å²) >= 11 is 0. The van der Waals surface area contributed by atoms with Crippen LogP contribution in [0.3, 0.4) is 0 Å². The van der Waals surface area contributed by atoms with E-state index in [2.05, 4.69) is 10.2 Å². The van der Waals surface area contributed by atoms with Crippen molar-refractivity contribution in [2.75, 3.05) is 26.2 Å². The normalized spacial score (nSPS) is 27.3. The molecule has 8 heteroatoms. The summed E-state index contributed by atoms with van der Waals surface area (Å²) in [6.45, 7) is 6.62. The smallest absolute Gasteiger partial charge is 0.408 e. The number of likely N-dealkylation sites (tertiary alicyclic amines) is 1. The first-order valence-corrected chi connectivity index (χ1v) is 10.2. The van der Waals surface area contributed by atoms with E-state index in [0.29, 0.717) is 18.5 Å². The molecule has 1 aromatic carbocycles. The fourth-order valence-corrected chi connectivity index (χ4v) is 4.78. The Labute approximate surface area is 169 Å². The molecule has 0 unspecified atom stereocenters. The lowest BCUT2D eigenvalue weighted by Gasteiger charge is -2.52. The number of fused-ring (bicyclic) bond motifs is 1. The summed E-state index contributed by atoms with van der Waals surface area (Å²) in [5.74, 6) is -0.464. The SMILES string of the molecule is CC(=O)N[C@@]1(C)CC2(CCN(CCn3c(=O)oc4ccccc43)CC2)OC[C@@H]1O. The van der Waals surface area contributed by atoms with Crippen LogP contribution in [0, 0.1) is 0 Å². The maximum Gasteiger partial charge on any atom is 0.419 e. The van der Waals surface area contributed by atoms with Crippen LogP contribution in [-0.2, 0) is 16.1 Å². The van der Waals surface area contributed by atoms with Gasteiger partial charge < -0.3 is 24.5 Å². The second-order valence-electron chi connectivity index (χ2n) is 8.61. The van der Waals surface area contributed by atoms with Crippen molar-refractivity contribution in [2.45, 2.75) is 56.9 Å². The van der Waals surface area contributed by atoms with E-state index in [9.17, 15) is 14.7 Å². The molecule has 0 saturated carbocycles. The molecule has 2 N–H and O–H groups in total. The standard InChI is InChI=1S/C21H29N3O5/c1-15(25)22-20(2)14-21(28-13-18(20)26)7-9-23(10-8-21)11-12-24-16-5-3-4-6-17(16)29-19(24)27/h3-6,18,26H,7-14H2,1-2H3,(H,22,25)/t18-,20-/m0/s1. The average Bonchev–Trinajstić information content (AvgIpc) is 2.99. The summed E-state index contributed by atoms with van der Waals surface area (Å²) in [7, 11) is 0. The molecule has 0 aliphatic carbocycles. The van der Waals surface area contributed by atoms with Crippen LogP contribution in [0.15, 0.2) is 33.5 Å². The Bertz CT molecular complexity index is 943. The van der Waals surface area contributed by atoms with Gasteiger partial charge in [0.25, 0.3) is 0 Å². The minimum atomic E-state index is -0.712. The average molecular weight is 403 g/mol. The molecule has 158 valence electrons. The molecule has 1 spiro atoms. The number of aliphatic hydroxyl groups is 1. The van der Waals surface area contributed by atoms with Gasteiger partial charge in [0.1, 0.15) is 6.10 Å². The van der Waals surface area contributed by atoms with E-state index >= 15 is 0 Å². The Hall–Kier alpha value is -2.16. The van der Waals surface area contributed by atoms with Gasteiger partial charge in [-0.3, -0.25) is 9.36 Å². The number of aliphatic hydroxyl groups excluding tert-OH is 1. The Morgan fingerprint density at radius 2 is 2.00 bits per heavy atom. The summed E-state index contributed by atoms with van der Waals surface area (Å²) in [6.07, 6.45) is 1.54. The van der Waals surface area contributed by atoms with Crippen molar-refractivity contribution in [1.82, 2.24) is 14.8 Å². The number of hydrogen-bond donors (Lipinski definition) is 2. The fourth-order valence-electron chi connectivity index (χ4n) is 4.78. The van der Waals surface area contributed by atoms with Crippen molar-refractivity contribution in [1.29, 1.82) is 0 Å². The first-order valence-electron chi connectivity index (χ1n) is 10.2. The molecule has 8 nitrogen and oxygen atoms in total.